The second-order valence-electron chi connectivity index (χ2n) is 3.82. The molecule has 0 aliphatic heterocycles. The van der Waals surface area contributed by atoms with Crippen molar-refractivity contribution in [2.24, 2.45) is 0 Å². The fourth-order valence-corrected chi connectivity index (χ4v) is 1.79. The third kappa shape index (κ3) is 3.73. The molecule has 0 aromatic heterocycles. The summed E-state index contributed by atoms with van der Waals surface area (Å²) in [6.45, 7) is 3.97. The number of halogens is 1. The summed E-state index contributed by atoms with van der Waals surface area (Å²) in [5.74, 6) is -0.583. The molecule has 0 heterocycles. The van der Waals surface area contributed by atoms with Gasteiger partial charge in [-0.1, -0.05) is 15.9 Å². The molecule has 0 bridgehead atoms. The van der Waals surface area contributed by atoms with Crippen LogP contribution in [0.25, 0.3) is 0 Å². The van der Waals surface area contributed by atoms with Crippen LogP contribution in [0.15, 0.2) is 22.7 Å². The molecule has 0 saturated carbocycles. The number of nitrogens with two attached hydrogens (primary N) is 1. The summed E-state index contributed by atoms with van der Waals surface area (Å²) in [4.78, 5) is 23.4. The molecule has 4 N–H and O–H groups in total. The molecule has 1 aromatic carbocycles. The molecule has 0 saturated heterocycles. The van der Waals surface area contributed by atoms with Gasteiger partial charge in [0.15, 0.2) is 0 Å². The van der Waals surface area contributed by atoms with Gasteiger partial charge in [0.1, 0.15) is 6.04 Å². The number of hydrogen-bond donors (Lipinski definition) is 3. The van der Waals surface area contributed by atoms with Crippen LogP contribution in [-0.4, -0.2) is 24.4 Å². The first-order valence-corrected chi connectivity index (χ1v) is 6.38. The highest BCUT2D eigenvalue weighted by Crippen LogP contribution is 2.18. The summed E-state index contributed by atoms with van der Waals surface area (Å²) in [6, 6.07) is 4.38. The summed E-state index contributed by atoms with van der Waals surface area (Å²) >= 11 is 3.26. The van der Waals surface area contributed by atoms with Crippen molar-refractivity contribution in [1.29, 1.82) is 0 Å². The zero-order chi connectivity index (χ0) is 13.7. The van der Waals surface area contributed by atoms with Gasteiger partial charge in [-0.05, 0) is 32.0 Å². The Kier molecular flexibility index (Phi) is 5.15. The molecular weight excluding hydrogens is 298 g/mol. The molecular formula is C12H16BrN3O2. The maximum Gasteiger partial charge on any atom is 0.254 e. The number of anilines is 1. The van der Waals surface area contributed by atoms with E-state index in [-0.39, 0.29) is 11.8 Å². The van der Waals surface area contributed by atoms with E-state index in [0.29, 0.717) is 17.8 Å². The average molecular weight is 314 g/mol. The molecule has 0 spiro atoms. The van der Waals surface area contributed by atoms with Crippen molar-refractivity contribution in [3.63, 3.8) is 0 Å². The van der Waals surface area contributed by atoms with E-state index in [1.807, 2.05) is 6.92 Å². The summed E-state index contributed by atoms with van der Waals surface area (Å²) in [5.41, 5.74) is 6.46. The van der Waals surface area contributed by atoms with Crippen LogP contribution >= 0.6 is 15.9 Å². The topological polar surface area (TPSA) is 84.2 Å². The van der Waals surface area contributed by atoms with Crippen molar-refractivity contribution in [3.8, 4) is 0 Å². The quantitative estimate of drug-likeness (QED) is 0.732. The lowest BCUT2D eigenvalue weighted by molar-refractivity contribution is -0.122. The Bertz CT molecular complexity index is 463. The van der Waals surface area contributed by atoms with Crippen LogP contribution in [0.1, 0.15) is 24.2 Å². The van der Waals surface area contributed by atoms with Gasteiger partial charge in [0.05, 0.1) is 5.56 Å². The van der Waals surface area contributed by atoms with Crippen LogP contribution < -0.4 is 16.4 Å². The van der Waals surface area contributed by atoms with Crippen molar-refractivity contribution in [2.75, 3.05) is 12.3 Å². The van der Waals surface area contributed by atoms with Crippen LogP contribution in [0.2, 0.25) is 0 Å². The van der Waals surface area contributed by atoms with E-state index in [0.717, 1.165) is 4.47 Å². The van der Waals surface area contributed by atoms with Gasteiger partial charge < -0.3 is 16.4 Å². The van der Waals surface area contributed by atoms with Gasteiger partial charge in [-0.2, -0.15) is 0 Å². The molecule has 0 aliphatic carbocycles. The highest BCUT2D eigenvalue weighted by molar-refractivity contribution is 9.10. The summed E-state index contributed by atoms with van der Waals surface area (Å²) < 4.78 is 0.799. The van der Waals surface area contributed by atoms with Gasteiger partial charge in [-0.25, -0.2) is 0 Å². The standard InChI is InChI=1S/C12H16BrN3O2/c1-3-15-11(17)7(2)16-12(18)9-5-4-8(13)6-10(9)14/h4-7H,3,14H2,1-2H3,(H,15,17)(H,16,18). The molecule has 0 fully saturated rings. The van der Waals surface area contributed by atoms with Crippen LogP contribution in [0.3, 0.4) is 0 Å². The molecule has 0 radical (unpaired) electrons. The van der Waals surface area contributed by atoms with Crippen LogP contribution in [0, 0.1) is 0 Å². The van der Waals surface area contributed by atoms with Crippen molar-refractivity contribution >= 4 is 33.4 Å². The van der Waals surface area contributed by atoms with Crippen molar-refractivity contribution in [3.05, 3.63) is 28.2 Å². The highest BCUT2D eigenvalue weighted by Gasteiger charge is 2.17. The number of nitrogens with one attached hydrogen (secondary N) is 2. The van der Waals surface area contributed by atoms with Crippen LogP contribution in [-0.2, 0) is 4.79 Å². The van der Waals surface area contributed by atoms with Gasteiger partial charge in [-0.3, -0.25) is 9.59 Å². The van der Waals surface area contributed by atoms with E-state index in [4.69, 9.17) is 5.73 Å². The van der Waals surface area contributed by atoms with Crippen LogP contribution in [0.4, 0.5) is 5.69 Å². The fraction of sp³-hybridized carbons (Fsp3) is 0.333. The molecule has 2 amide bonds. The Hall–Kier alpha value is -1.56. The maximum absolute atomic E-state index is 11.9. The smallest absolute Gasteiger partial charge is 0.254 e. The Morgan fingerprint density at radius 2 is 2.11 bits per heavy atom. The van der Waals surface area contributed by atoms with E-state index in [9.17, 15) is 9.59 Å². The number of nitrogen functional groups attached to an aromatic ring is 1. The van der Waals surface area contributed by atoms with Gasteiger partial charge in [0, 0.05) is 16.7 Å². The summed E-state index contributed by atoms with van der Waals surface area (Å²) in [5, 5.41) is 5.23. The molecule has 5 nitrogen and oxygen atoms in total. The normalized spacial score (nSPS) is 11.7. The Labute approximate surface area is 114 Å². The maximum atomic E-state index is 11.9. The lowest BCUT2D eigenvalue weighted by Gasteiger charge is -2.14. The fourth-order valence-electron chi connectivity index (χ4n) is 1.41. The summed E-state index contributed by atoms with van der Waals surface area (Å²) in [7, 11) is 0. The predicted octanol–water partition coefficient (Wildman–Crippen LogP) is 1.29. The lowest BCUT2D eigenvalue weighted by Crippen LogP contribution is -2.44. The monoisotopic (exact) mass is 313 g/mol. The number of amides is 2. The van der Waals surface area contributed by atoms with Gasteiger partial charge >= 0.3 is 0 Å². The zero-order valence-electron chi connectivity index (χ0n) is 10.3. The minimum atomic E-state index is -0.597. The van der Waals surface area contributed by atoms with Gasteiger partial charge in [0.2, 0.25) is 5.91 Å². The van der Waals surface area contributed by atoms with E-state index < -0.39 is 6.04 Å². The Morgan fingerprint density at radius 1 is 1.44 bits per heavy atom. The first-order chi connectivity index (χ1) is 8.45. The minimum Gasteiger partial charge on any atom is -0.398 e. The third-order valence-electron chi connectivity index (χ3n) is 2.35. The van der Waals surface area contributed by atoms with E-state index in [1.54, 1.807) is 25.1 Å². The number of rotatable bonds is 4. The lowest BCUT2D eigenvalue weighted by atomic mass is 10.1. The summed E-state index contributed by atoms with van der Waals surface area (Å²) in [6.07, 6.45) is 0. The SMILES string of the molecule is CCNC(=O)C(C)NC(=O)c1ccc(Br)cc1N. The van der Waals surface area contributed by atoms with E-state index in [2.05, 4.69) is 26.6 Å². The number of benzene rings is 1. The molecule has 0 aliphatic rings. The van der Waals surface area contributed by atoms with Crippen molar-refractivity contribution in [1.82, 2.24) is 10.6 Å². The molecule has 18 heavy (non-hydrogen) atoms. The zero-order valence-corrected chi connectivity index (χ0v) is 11.9. The number of likely N-dealkylation sites (N-methyl/N-ethyl adjacent to an activating group) is 1. The molecule has 1 aromatic rings. The Morgan fingerprint density at radius 3 is 2.67 bits per heavy atom. The average Bonchev–Trinajstić information content (AvgIpc) is 2.28. The molecule has 98 valence electrons. The van der Waals surface area contributed by atoms with Crippen molar-refractivity contribution < 1.29 is 9.59 Å². The minimum absolute atomic E-state index is 0.221. The molecule has 1 atom stereocenters. The molecule has 1 rings (SSSR count). The van der Waals surface area contributed by atoms with E-state index in [1.165, 1.54) is 0 Å². The van der Waals surface area contributed by atoms with Gasteiger partial charge in [-0.15, -0.1) is 0 Å². The highest BCUT2D eigenvalue weighted by atomic mass is 79.9. The number of carbonyl (C=O) groups excluding carboxylic acids is 2. The first-order valence-electron chi connectivity index (χ1n) is 5.59. The number of carbonyl (C=O) groups is 2. The second kappa shape index (κ2) is 6.39. The predicted molar refractivity (Wildman–Crippen MR) is 74.2 cm³/mol. The molecule has 6 heteroatoms. The first kappa shape index (κ1) is 14.5. The second-order valence-corrected chi connectivity index (χ2v) is 4.74. The number of hydrogen-bond acceptors (Lipinski definition) is 3. The largest absolute Gasteiger partial charge is 0.398 e. The third-order valence-corrected chi connectivity index (χ3v) is 2.84. The van der Waals surface area contributed by atoms with Gasteiger partial charge in [0.25, 0.3) is 5.91 Å². The van der Waals surface area contributed by atoms with E-state index >= 15 is 0 Å². The van der Waals surface area contributed by atoms with Crippen molar-refractivity contribution in [2.45, 2.75) is 19.9 Å². The van der Waals surface area contributed by atoms with Crippen LogP contribution in [0.5, 0.6) is 0 Å². The molecule has 1 unspecified atom stereocenters. The Balaban J connectivity index is 2.73.